The first-order valence-corrected chi connectivity index (χ1v) is 6.48. The van der Waals surface area contributed by atoms with Crippen LogP contribution in [0.2, 0.25) is 0 Å². The molecule has 1 saturated carbocycles. The summed E-state index contributed by atoms with van der Waals surface area (Å²) in [5.74, 6) is -0.0853. The van der Waals surface area contributed by atoms with Gasteiger partial charge in [0.25, 0.3) is 0 Å². The van der Waals surface area contributed by atoms with Crippen LogP contribution in [0.3, 0.4) is 0 Å². The van der Waals surface area contributed by atoms with Crippen molar-refractivity contribution in [2.45, 2.75) is 32.2 Å². The van der Waals surface area contributed by atoms with Crippen LogP contribution in [-0.2, 0) is 11.2 Å². The van der Waals surface area contributed by atoms with Gasteiger partial charge >= 0.3 is 0 Å². The van der Waals surface area contributed by atoms with Gasteiger partial charge in [-0.3, -0.25) is 4.79 Å². The molecule has 0 aliphatic heterocycles. The lowest BCUT2D eigenvalue weighted by Crippen LogP contribution is -2.33. The summed E-state index contributed by atoms with van der Waals surface area (Å²) in [6.45, 7) is 2.13. The van der Waals surface area contributed by atoms with E-state index in [9.17, 15) is 4.79 Å². The molecule has 3 unspecified atom stereocenters. The van der Waals surface area contributed by atoms with Gasteiger partial charge in [0.2, 0.25) is 5.91 Å². The van der Waals surface area contributed by atoms with E-state index in [2.05, 4.69) is 18.3 Å². The van der Waals surface area contributed by atoms with E-state index in [1.807, 2.05) is 30.3 Å². The SMILES string of the molecule is CCC1CC1NC(=O)C(C#N)Cc1ccccc1. The summed E-state index contributed by atoms with van der Waals surface area (Å²) in [5.41, 5.74) is 1.03. The van der Waals surface area contributed by atoms with Crippen molar-refractivity contribution in [3.8, 4) is 6.07 Å². The number of carbonyl (C=O) groups is 1. The zero-order valence-corrected chi connectivity index (χ0v) is 10.6. The van der Waals surface area contributed by atoms with Gasteiger partial charge in [0.1, 0.15) is 5.92 Å². The van der Waals surface area contributed by atoms with Crippen LogP contribution >= 0.6 is 0 Å². The van der Waals surface area contributed by atoms with Crippen molar-refractivity contribution >= 4 is 5.91 Å². The second-order valence-electron chi connectivity index (χ2n) is 4.89. The molecule has 1 aliphatic rings. The number of hydrogen-bond acceptors (Lipinski definition) is 2. The zero-order valence-electron chi connectivity index (χ0n) is 10.6. The number of carbonyl (C=O) groups excluding carboxylic acids is 1. The molecule has 1 amide bonds. The molecule has 18 heavy (non-hydrogen) atoms. The van der Waals surface area contributed by atoms with Gasteiger partial charge in [0.05, 0.1) is 6.07 Å². The maximum Gasteiger partial charge on any atom is 0.237 e. The summed E-state index contributed by atoms with van der Waals surface area (Å²) < 4.78 is 0. The van der Waals surface area contributed by atoms with Crippen molar-refractivity contribution in [1.29, 1.82) is 5.26 Å². The minimum absolute atomic E-state index is 0.123. The Bertz CT molecular complexity index is 449. The van der Waals surface area contributed by atoms with Gasteiger partial charge in [-0.2, -0.15) is 5.26 Å². The van der Waals surface area contributed by atoms with Crippen molar-refractivity contribution in [3.63, 3.8) is 0 Å². The molecule has 3 atom stereocenters. The third-order valence-corrected chi connectivity index (χ3v) is 3.53. The van der Waals surface area contributed by atoms with Gasteiger partial charge in [-0.15, -0.1) is 0 Å². The van der Waals surface area contributed by atoms with Crippen molar-refractivity contribution in [2.75, 3.05) is 0 Å². The molecule has 2 rings (SSSR count). The van der Waals surface area contributed by atoms with Crippen molar-refractivity contribution in [2.24, 2.45) is 11.8 Å². The molecular weight excluding hydrogens is 224 g/mol. The second kappa shape index (κ2) is 5.68. The largest absolute Gasteiger partial charge is 0.352 e. The van der Waals surface area contributed by atoms with Gasteiger partial charge in [-0.05, 0) is 24.3 Å². The summed E-state index contributed by atoms with van der Waals surface area (Å²) in [6, 6.07) is 12.1. The molecule has 1 fully saturated rings. The van der Waals surface area contributed by atoms with E-state index in [-0.39, 0.29) is 5.91 Å². The molecule has 0 radical (unpaired) electrons. The molecular formula is C15H18N2O. The average molecular weight is 242 g/mol. The van der Waals surface area contributed by atoms with Crippen molar-refractivity contribution in [1.82, 2.24) is 5.32 Å². The fourth-order valence-corrected chi connectivity index (χ4v) is 2.21. The van der Waals surface area contributed by atoms with Gasteiger partial charge < -0.3 is 5.32 Å². The lowest BCUT2D eigenvalue weighted by molar-refractivity contribution is -0.123. The molecule has 0 bridgehead atoms. The summed E-state index contributed by atoms with van der Waals surface area (Å²) in [7, 11) is 0. The molecule has 3 nitrogen and oxygen atoms in total. The highest BCUT2D eigenvalue weighted by Crippen LogP contribution is 2.33. The predicted octanol–water partition coefficient (Wildman–Crippen LogP) is 2.28. The number of rotatable bonds is 5. The fraction of sp³-hybridized carbons (Fsp3) is 0.467. The van der Waals surface area contributed by atoms with Crippen LogP contribution in [0, 0.1) is 23.2 Å². The highest BCUT2D eigenvalue weighted by Gasteiger charge is 2.37. The van der Waals surface area contributed by atoms with Gasteiger partial charge in [-0.25, -0.2) is 0 Å². The normalized spacial score (nSPS) is 22.9. The van der Waals surface area contributed by atoms with Gasteiger partial charge in [-0.1, -0.05) is 43.7 Å². The number of hydrogen-bond donors (Lipinski definition) is 1. The third kappa shape index (κ3) is 3.10. The quantitative estimate of drug-likeness (QED) is 0.861. The Morgan fingerprint density at radius 3 is 2.78 bits per heavy atom. The van der Waals surface area contributed by atoms with E-state index >= 15 is 0 Å². The summed E-state index contributed by atoms with van der Waals surface area (Å²) in [4.78, 5) is 12.0. The average Bonchev–Trinajstić information content (AvgIpc) is 3.15. The Balaban J connectivity index is 1.89. The van der Waals surface area contributed by atoms with E-state index in [0.717, 1.165) is 18.4 Å². The maximum absolute atomic E-state index is 12.0. The Morgan fingerprint density at radius 1 is 1.50 bits per heavy atom. The number of nitriles is 1. The van der Waals surface area contributed by atoms with Crippen LogP contribution in [0.15, 0.2) is 30.3 Å². The van der Waals surface area contributed by atoms with Crippen LogP contribution in [0.25, 0.3) is 0 Å². The van der Waals surface area contributed by atoms with E-state index in [0.29, 0.717) is 18.4 Å². The first-order valence-electron chi connectivity index (χ1n) is 6.48. The minimum Gasteiger partial charge on any atom is -0.352 e. The first-order chi connectivity index (χ1) is 8.74. The van der Waals surface area contributed by atoms with Crippen molar-refractivity contribution in [3.05, 3.63) is 35.9 Å². The summed E-state index contributed by atoms with van der Waals surface area (Å²) >= 11 is 0. The third-order valence-electron chi connectivity index (χ3n) is 3.53. The molecule has 0 aromatic heterocycles. The Hall–Kier alpha value is -1.82. The van der Waals surface area contributed by atoms with E-state index < -0.39 is 5.92 Å². The molecule has 0 spiro atoms. The molecule has 94 valence electrons. The summed E-state index contributed by atoms with van der Waals surface area (Å²) in [6.07, 6.45) is 2.65. The molecule has 0 saturated heterocycles. The lowest BCUT2D eigenvalue weighted by atomic mass is 10.00. The standard InChI is InChI=1S/C15H18N2O/c1-2-12-9-14(12)17-15(18)13(10-16)8-11-6-4-3-5-7-11/h3-7,12-14H,2,8-9H2,1H3,(H,17,18). The van der Waals surface area contributed by atoms with Crippen LogP contribution < -0.4 is 5.32 Å². The number of amides is 1. The van der Waals surface area contributed by atoms with Crippen LogP contribution in [0.1, 0.15) is 25.3 Å². The number of benzene rings is 1. The molecule has 1 aromatic rings. The van der Waals surface area contributed by atoms with E-state index in [4.69, 9.17) is 5.26 Å². The Morgan fingerprint density at radius 2 is 2.22 bits per heavy atom. The van der Waals surface area contributed by atoms with E-state index in [1.165, 1.54) is 0 Å². The first kappa shape index (κ1) is 12.6. The molecule has 0 heterocycles. The van der Waals surface area contributed by atoms with Gasteiger partial charge in [0.15, 0.2) is 0 Å². The number of nitrogens with zero attached hydrogens (tertiary/aromatic N) is 1. The highest BCUT2D eigenvalue weighted by molar-refractivity contribution is 5.82. The lowest BCUT2D eigenvalue weighted by Gasteiger charge is -2.10. The predicted molar refractivity (Wildman–Crippen MR) is 69.6 cm³/mol. The topological polar surface area (TPSA) is 52.9 Å². The molecule has 3 heteroatoms. The zero-order chi connectivity index (χ0) is 13.0. The number of nitrogens with one attached hydrogen (secondary N) is 1. The molecule has 1 N–H and O–H groups in total. The fourth-order valence-electron chi connectivity index (χ4n) is 2.21. The molecule has 1 aromatic carbocycles. The monoisotopic (exact) mass is 242 g/mol. The van der Waals surface area contributed by atoms with Crippen LogP contribution in [0.5, 0.6) is 0 Å². The van der Waals surface area contributed by atoms with Crippen LogP contribution in [-0.4, -0.2) is 11.9 Å². The van der Waals surface area contributed by atoms with E-state index in [1.54, 1.807) is 0 Å². The summed E-state index contributed by atoms with van der Waals surface area (Å²) in [5, 5.41) is 12.1. The maximum atomic E-state index is 12.0. The van der Waals surface area contributed by atoms with Crippen molar-refractivity contribution < 1.29 is 4.79 Å². The second-order valence-corrected chi connectivity index (χ2v) is 4.89. The van der Waals surface area contributed by atoms with Crippen LogP contribution in [0.4, 0.5) is 0 Å². The molecule has 1 aliphatic carbocycles. The Kier molecular flexibility index (Phi) is 3.99. The smallest absolute Gasteiger partial charge is 0.237 e. The minimum atomic E-state index is -0.578. The van der Waals surface area contributed by atoms with Gasteiger partial charge in [0, 0.05) is 6.04 Å². The Labute approximate surface area is 108 Å². The highest BCUT2D eigenvalue weighted by atomic mass is 16.2.